The molecule has 1 fully saturated rings. The van der Waals surface area contributed by atoms with Crippen molar-refractivity contribution in [2.24, 2.45) is 0 Å². The van der Waals surface area contributed by atoms with Gasteiger partial charge in [0.1, 0.15) is 11.5 Å². The fourth-order valence-corrected chi connectivity index (χ4v) is 1.95. The second-order valence-corrected chi connectivity index (χ2v) is 3.88. The number of ether oxygens (including phenoxy) is 2. The van der Waals surface area contributed by atoms with Gasteiger partial charge in [0.2, 0.25) is 0 Å². The summed E-state index contributed by atoms with van der Waals surface area (Å²) in [6, 6.07) is 4.49. The van der Waals surface area contributed by atoms with Crippen LogP contribution in [0.25, 0.3) is 0 Å². The molecule has 2 rings (SSSR count). The largest absolute Gasteiger partial charge is 0.496 e. The lowest BCUT2D eigenvalue weighted by molar-refractivity contribution is 0.330. The number of hydrogen-bond donors (Lipinski definition) is 1. The molecule has 16 heavy (non-hydrogen) atoms. The molecule has 1 aliphatic heterocycles. The Morgan fingerprint density at radius 1 is 1.19 bits per heavy atom. The van der Waals surface area contributed by atoms with E-state index in [-0.39, 0.29) is 12.4 Å². The fraction of sp³-hybridized carbons (Fsp3) is 0.500. The number of hydrogen-bond acceptors (Lipinski definition) is 3. The highest BCUT2D eigenvalue weighted by Gasteiger charge is 2.25. The zero-order chi connectivity index (χ0) is 10.8. The Morgan fingerprint density at radius 2 is 1.69 bits per heavy atom. The number of rotatable bonds is 3. The van der Waals surface area contributed by atoms with Crippen molar-refractivity contribution >= 4 is 12.4 Å². The number of nitrogens with one attached hydrogen (secondary N) is 1. The zero-order valence-electron chi connectivity index (χ0n) is 9.87. The van der Waals surface area contributed by atoms with Crippen LogP contribution in [0.5, 0.6) is 11.5 Å². The van der Waals surface area contributed by atoms with Crippen LogP contribution in [0.1, 0.15) is 23.6 Å². The Labute approximate surface area is 103 Å². The maximum Gasteiger partial charge on any atom is 0.127 e. The minimum atomic E-state index is 0. The quantitative estimate of drug-likeness (QED) is 0.885. The summed E-state index contributed by atoms with van der Waals surface area (Å²) in [6.07, 6.45) is 1.15. The lowest BCUT2D eigenvalue weighted by atomic mass is 9.95. The van der Waals surface area contributed by atoms with E-state index in [0.717, 1.165) is 35.6 Å². The molecule has 0 unspecified atom stereocenters. The Bertz CT molecular complexity index is 339. The maximum atomic E-state index is 5.41. The van der Waals surface area contributed by atoms with Crippen LogP contribution in [0.15, 0.2) is 12.1 Å². The van der Waals surface area contributed by atoms with Gasteiger partial charge in [0.15, 0.2) is 0 Å². The van der Waals surface area contributed by atoms with Crippen LogP contribution >= 0.6 is 12.4 Å². The molecule has 0 amide bonds. The fourth-order valence-electron chi connectivity index (χ4n) is 1.95. The summed E-state index contributed by atoms with van der Waals surface area (Å²) >= 11 is 0. The molecule has 90 valence electrons. The molecule has 1 aliphatic rings. The Balaban J connectivity index is 0.00000128. The van der Waals surface area contributed by atoms with Gasteiger partial charge in [-0.05, 0) is 37.6 Å². The van der Waals surface area contributed by atoms with Gasteiger partial charge in [0, 0.05) is 6.04 Å². The average Bonchev–Trinajstić information content (AvgIpc) is 2.17. The predicted octanol–water partition coefficient (Wildman–Crippen LogP) is 2.47. The first-order valence-electron chi connectivity index (χ1n) is 5.22. The molecular weight excluding hydrogens is 226 g/mol. The summed E-state index contributed by atoms with van der Waals surface area (Å²) in [5, 5.41) is 3.37. The second kappa shape index (κ2) is 5.41. The van der Waals surface area contributed by atoms with Crippen LogP contribution in [0.3, 0.4) is 0 Å². The van der Waals surface area contributed by atoms with Gasteiger partial charge in [-0.25, -0.2) is 0 Å². The summed E-state index contributed by atoms with van der Waals surface area (Å²) in [5.41, 5.74) is 2.31. The highest BCUT2D eigenvalue weighted by Crippen LogP contribution is 2.39. The highest BCUT2D eigenvalue weighted by molar-refractivity contribution is 5.85. The third-order valence-corrected chi connectivity index (χ3v) is 2.86. The molecule has 0 bridgehead atoms. The number of methoxy groups -OCH3 is 2. The first-order chi connectivity index (χ1) is 7.26. The van der Waals surface area contributed by atoms with Crippen molar-refractivity contribution in [3.05, 3.63) is 23.3 Å². The van der Waals surface area contributed by atoms with Gasteiger partial charge in [0.25, 0.3) is 0 Å². The van der Waals surface area contributed by atoms with Gasteiger partial charge >= 0.3 is 0 Å². The molecule has 1 atom stereocenters. The van der Waals surface area contributed by atoms with Crippen molar-refractivity contribution in [3.63, 3.8) is 0 Å². The smallest absolute Gasteiger partial charge is 0.127 e. The third kappa shape index (κ3) is 2.25. The molecule has 0 aromatic heterocycles. The standard InChI is InChI=1S/C12H17NO2.ClH/c1-8-6-10(14-2)12(9-4-5-13-9)11(7-8)15-3;/h6-7,9,13H,4-5H2,1-3H3;1H/t9-;/m0./s1. The SMILES string of the molecule is COc1cc(C)cc(OC)c1[C@@H]1CCN1.Cl. The third-order valence-electron chi connectivity index (χ3n) is 2.86. The second-order valence-electron chi connectivity index (χ2n) is 3.88. The van der Waals surface area contributed by atoms with E-state index in [1.807, 2.05) is 6.92 Å². The molecule has 3 nitrogen and oxygen atoms in total. The maximum absolute atomic E-state index is 5.41. The first-order valence-corrected chi connectivity index (χ1v) is 5.22. The Morgan fingerprint density at radius 3 is 2.00 bits per heavy atom. The van der Waals surface area contributed by atoms with E-state index in [1.165, 1.54) is 0 Å². The molecule has 1 N–H and O–H groups in total. The van der Waals surface area contributed by atoms with Gasteiger partial charge in [0.05, 0.1) is 19.8 Å². The van der Waals surface area contributed by atoms with E-state index in [2.05, 4.69) is 17.4 Å². The van der Waals surface area contributed by atoms with Crippen LogP contribution in [0.4, 0.5) is 0 Å². The lowest BCUT2D eigenvalue weighted by Crippen LogP contribution is -2.35. The van der Waals surface area contributed by atoms with E-state index in [9.17, 15) is 0 Å². The number of benzene rings is 1. The van der Waals surface area contributed by atoms with Crippen molar-refractivity contribution in [2.45, 2.75) is 19.4 Å². The Kier molecular flexibility index (Phi) is 4.44. The van der Waals surface area contributed by atoms with Crippen LogP contribution < -0.4 is 14.8 Å². The molecule has 0 saturated carbocycles. The lowest BCUT2D eigenvalue weighted by Gasteiger charge is -2.30. The van der Waals surface area contributed by atoms with Gasteiger partial charge in [-0.3, -0.25) is 0 Å². The van der Waals surface area contributed by atoms with Crippen LogP contribution in [-0.4, -0.2) is 20.8 Å². The van der Waals surface area contributed by atoms with E-state index in [0.29, 0.717) is 6.04 Å². The molecule has 0 radical (unpaired) electrons. The summed E-state index contributed by atoms with van der Waals surface area (Å²) in [4.78, 5) is 0. The number of halogens is 1. The highest BCUT2D eigenvalue weighted by atomic mass is 35.5. The molecule has 1 aromatic rings. The molecule has 0 aliphatic carbocycles. The molecule has 4 heteroatoms. The Hall–Kier alpha value is -0.930. The number of aryl methyl sites for hydroxylation is 1. The van der Waals surface area contributed by atoms with Crippen LogP contribution in [-0.2, 0) is 0 Å². The van der Waals surface area contributed by atoms with Crippen molar-refractivity contribution in [3.8, 4) is 11.5 Å². The summed E-state index contributed by atoms with van der Waals surface area (Å²) < 4.78 is 10.8. The van der Waals surface area contributed by atoms with Crippen molar-refractivity contribution in [2.75, 3.05) is 20.8 Å². The van der Waals surface area contributed by atoms with Gasteiger partial charge < -0.3 is 14.8 Å². The normalized spacial score (nSPS) is 18.3. The molecule has 0 spiro atoms. The summed E-state index contributed by atoms with van der Waals surface area (Å²) in [5.74, 6) is 1.84. The molecule has 1 aromatic carbocycles. The van der Waals surface area contributed by atoms with E-state index in [4.69, 9.17) is 9.47 Å². The summed E-state index contributed by atoms with van der Waals surface area (Å²) in [7, 11) is 3.41. The topological polar surface area (TPSA) is 30.5 Å². The van der Waals surface area contributed by atoms with Crippen molar-refractivity contribution < 1.29 is 9.47 Å². The van der Waals surface area contributed by atoms with Crippen LogP contribution in [0, 0.1) is 6.92 Å². The van der Waals surface area contributed by atoms with Gasteiger partial charge in [-0.15, -0.1) is 12.4 Å². The average molecular weight is 244 g/mol. The molecule has 1 heterocycles. The van der Waals surface area contributed by atoms with Gasteiger partial charge in [-0.1, -0.05) is 0 Å². The predicted molar refractivity (Wildman–Crippen MR) is 66.9 cm³/mol. The van der Waals surface area contributed by atoms with Crippen molar-refractivity contribution in [1.82, 2.24) is 5.32 Å². The van der Waals surface area contributed by atoms with Crippen molar-refractivity contribution in [1.29, 1.82) is 0 Å². The summed E-state index contributed by atoms with van der Waals surface area (Å²) in [6.45, 7) is 3.12. The monoisotopic (exact) mass is 243 g/mol. The minimum Gasteiger partial charge on any atom is -0.496 e. The molecule has 1 saturated heterocycles. The molecular formula is C12H18ClNO2. The zero-order valence-corrected chi connectivity index (χ0v) is 10.7. The minimum absolute atomic E-state index is 0. The van der Waals surface area contributed by atoms with E-state index < -0.39 is 0 Å². The van der Waals surface area contributed by atoms with Gasteiger partial charge in [-0.2, -0.15) is 0 Å². The van der Waals surface area contributed by atoms with E-state index in [1.54, 1.807) is 14.2 Å². The first kappa shape index (κ1) is 13.1. The van der Waals surface area contributed by atoms with Crippen LogP contribution in [0.2, 0.25) is 0 Å². The van der Waals surface area contributed by atoms with E-state index >= 15 is 0 Å².